The second-order valence-electron chi connectivity index (χ2n) is 9.07. The molecule has 0 atom stereocenters. The van der Waals surface area contributed by atoms with E-state index in [2.05, 4.69) is 53.0 Å². The molecule has 3 aromatic rings. The number of fused-ring (bicyclic) bond motifs is 2. The average Bonchev–Trinajstić information content (AvgIpc) is 3.01. The van der Waals surface area contributed by atoms with Crippen LogP contribution in [0, 0.1) is 0 Å². The summed E-state index contributed by atoms with van der Waals surface area (Å²) in [6.45, 7) is 5.71. The van der Waals surface area contributed by atoms with Crippen molar-refractivity contribution < 1.29 is 4.79 Å². The summed E-state index contributed by atoms with van der Waals surface area (Å²) >= 11 is 9.91. The van der Waals surface area contributed by atoms with Crippen LogP contribution in [0.15, 0.2) is 65.0 Å². The van der Waals surface area contributed by atoms with Crippen molar-refractivity contribution in [2.45, 2.75) is 52.4 Å². The van der Waals surface area contributed by atoms with Gasteiger partial charge in [0.15, 0.2) is 0 Å². The van der Waals surface area contributed by atoms with Gasteiger partial charge in [0.2, 0.25) is 5.91 Å². The van der Waals surface area contributed by atoms with E-state index in [0.717, 1.165) is 59.5 Å². The molecule has 1 aliphatic carbocycles. The zero-order chi connectivity index (χ0) is 24.8. The number of aromatic nitrogens is 2. The fourth-order valence-corrected chi connectivity index (χ4v) is 5.30. The number of likely N-dealkylation sites (tertiary alicyclic amines) is 1. The molecular formula is C29H31BrClN3O. The molecule has 0 bridgehead atoms. The highest BCUT2D eigenvalue weighted by Crippen LogP contribution is 2.39. The number of rotatable bonds is 2. The van der Waals surface area contributed by atoms with E-state index in [1.54, 1.807) is 12.4 Å². The van der Waals surface area contributed by atoms with E-state index in [1.165, 1.54) is 34.3 Å². The van der Waals surface area contributed by atoms with E-state index >= 15 is 0 Å². The van der Waals surface area contributed by atoms with Crippen LogP contribution in [0.2, 0.25) is 5.02 Å². The second-order valence-corrected chi connectivity index (χ2v) is 10.4. The van der Waals surface area contributed by atoms with E-state index in [4.69, 9.17) is 16.6 Å². The van der Waals surface area contributed by atoms with Crippen molar-refractivity contribution in [3.05, 3.63) is 98.0 Å². The summed E-state index contributed by atoms with van der Waals surface area (Å²) in [5.74, 6) is 0.164. The van der Waals surface area contributed by atoms with E-state index < -0.39 is 0 Å². The quantitative estimate of drug-likeness (QED) is 0.341. The van der Waals surface area contributed by atoms with Crippen LogP contribution in [0.1, 0.15) is 61.1 Å². The Morgan fingerprint density at radius 2 is 1.77 bits per heavy atom. The number of hydrogen-bond acceptors (Lipinski definition) is 3. The minimum atomic E-state index is 0.164. The van der Waals surface area contributed by atoms with E-state index in [9.17, 15) is 4.79 Å². The van der Waals surface area contributed by atoms with Crippen LogP contribution in [0.25, 0.3) is 5.57 Å². The van der Waals surface area contributed by atoms with E-state index in [0.29, 0.717) is 6.42 Å². The van der Waals surface area contributed by atoms with Crippen molar-refractivity contribution in [1.82, 2.24) is 14.9 Å². The van der Waals surface area contributed by atoms with E-state index in [1.807, 2.05) is 29.3 Å². The number of benzene rings is 1. The average molecular weight is 553 g/mol. The fourth-order valence-electron chi connectivity index (χ4n) is 4.73. The van der Waals surface area contributed by atoms with Crippen molar-refractivity contribution in [3.63, 3.8) is 0 Å². The molecule has 0 N–H and O–H groups in total. The van der Waals surface area contributed by atoms with Crippen molar-refractivity contribution in [2.24, 2.45) is 0 Å². The lowest BCUT2D eigenvalue weighted by Crippen LogP contribution is -2.37. The Kier molecular flexibility index (Phi) is 8.74. The standard InChI is InChI=1S/C26H23BrClN3O.C3H8/c27-21-13-20-4-3-19-14-22(28)5-6-23(19)25(26(20)30-16-21)18-7-10-31(11-8-18)24(32)12-17-2-1-9-29-15-17;1-3-2/h1-2,5-6,9,13-16H,3-4,7-8,10-12H2;3H2,1-2H3. The minimum Gasteiger partial charge on any atom is -0.342 e. The third kappa shape index (κ3) is 6.20. The fraction of sp³-hybridized carbons (Fsp3) is 0.345. The first-order chi connectivity index (χ1) is 17.0. The molecule has 35 heavy (non-hydrogen) atoms. The summed E-state index contributed by atoms with van der Waals surface area (Å²) in [5, 5.41) is 0.768. The first-order valence-corrected chi connectivity index (χ1v) is 13.5. The molecule has 0 spiro atoms. The Morgan fingerprint density at radius 3 is 2.49 bits per heavy atom. The van der Waals surface area contributed by atoms with Crippen LogP contribution in [0.4, 0.5) is 0 Å². The first-order valence-electron chi connectivity index (χ1n) is 12.3. The van der Waals surface area contributed by atoms with Gasteiger partial charge in [-0.05, 0) is 88.1 Å². The number of carbonyl (C=O) groups excluding carboxylic acids is 1. The van der Waals surface area contributed by atoms with Gasteiger partial charge in [0, 0.05) is 46.7 Å². The van der Waals surface area contributed by atoms with Crippen LogP contribution in [-0.2, 0) is 24.1 Å². The Morgan fingerprint density at radius 1 is 1.03 bits per heavy atom. The smallest absolute Gasteiger partial charge is 0.227 e. The maximum atomic E-state index is 12.8. The maximum absolute atomic E-state index is 12.8. The molecule has 2 aromatic heterocycles. The zero-order valence-corrected chi connectivity index (χ0v) is 22.7. The lowest BCUT2D eigenvalue weighted by Gasteiger charge is -2.30. The SMILES string of the molecule is CCC.O=C(Cc1cccnc1)N1CCC(=C2c3ccc(Cl)cc3CCc3cc(Br)cnc32)CC1. The Bertz CT molecular complexity index is 1160. The highest BCUT2D eigenvalue weighted by molar-refractivity contribution is 9.10. The van der Waals surface area contributed by atoms with Crippen LogP contribution in [0.3, 0.4) is 0 Å². The van der Waals surface area contributed by atoms with Crippen LogP contribution in [0.5, 0.6) is 0 Å². The van der Waals surface area contributed by atoms with Crippen molar-refractivity contribution in [1.29, 1.82) is 0 Å². The summed E-state index contributed by atoms with van der Waals surface area (Å²) in [5.41, 5.74) is 8.38. The molecule has 6 heteroatoms. The number of nitrogens with zero attached hydrogens (tertiary/aromatic N) is 3. The number of pyridine rings is 2. The Labute approximate surface area is 221 Å². The predicted octanol–water partition coefficient (Wildman–Crippen LogP) is 7.07. The topological polar surface area (TPSA) is 46.1 Å². The normalized spacial score (nSPS) is 14.9. The van der Waals surface area contributed by atoms with Gasteiger partial charge in [0.05, 0.1) is 12.1 Å². The molecule has 182 valence electrons. The molecule has 1 aromatic carbocycles. The van der Waals surface area contributed by atoms with Gasteiger partial charge in [-0.3, -0.25) is 14.8 Å². The predicted molar refractivity (Wildman–Crippen MR) is 147 cm³/mol. The molecule has 0 saturated carbocycles. The van der Waals surface area contributed by atoms with Crippen LogP contribution in [-0.4, -0.2) is 33.9 Å². The van der Waals surface area contributed by atoms with Crippen molar-refractivity contribution >= 4 is 39.0 Å². The minimum absolute atomic E-state index is 0.164. The van der Waals surface area contributed by atoms with Gasteiger partial charge in [0.25, 0.3) is 0 Å². The molecule has 5 rings (SSSR count). The molecular weight excluding hydrogens is 522 g/mol. The lowest BCUT2D eigenvalue weighted by molar-refractivity contribution is -0.130. The van der Waals surface area contributed by atoms with Crippen molar-refractivity contribution in [3.8, 4) is 0 Å². The molecule has 0 radical (unpaired) electrons. The maximum Gasteiger partial charge on any atom is 0.227 e. The number of hydrogen-bond donors (Lipinski definition) is 0. The lowest BCUT2D eigenvalue weighted by atomic mass is 9.88. The molecule has 0 unspecified atom stereocenters. The number of carbonyl (C=O) groups is 1. The molecule has 1 aliphatic heterocycles. The second kappa shape index (κ2) is 12.0. The number of piperidine rings is 1. The van der Waals surface area contributed by atoms with Crippen LogP contribution < -0.4 is 0 Å². The van der Waals surface area contributed by atoms with Gasteiger partial charge in [-0.25, -0.2) is 0 Å². The van der Waals surface area contributed by atoms with Crippen molar-refractivity contribution in [2.75, 3.05) is 13.1 Å². The molecule has 1 fully saturated rings. The van der Waals surface area contributed by atoms with Gasteiger partial charge < -0.3 is 4.90 Å². The van der Waals surface area contributed by atoms with E-state index in [-0.39, 0.29) is 5.91 Å². The molecule has 3 heterocycles. The number of amides is 1. The molecule has 4 nitrogen and oxygen atoms in total. The summed E-state index contributed by atoms with van der Waals surface area (Å²) in [6, 6.07) is 12.2. The van der Waals surface area contributed by atoms with Gasteiger partial charge in [-0.15, -0.1) is 0 Å². The van der Waals surface area contributed by atoms with Crippen LogP contribution >= 0.6 is 27.5 Å². The Hall–Kier alpha value is -2.50. The zero-order valence-electron chi connectivity index (χ0n) is 20.4. The third-order valence-corrected chi connectivity index (χ3v) is 6.99. The molecule has 1 amide bonds. The first kappa shape index (κ1) is 25.6. The highest BCUT2D eigenvalue weighted by atomic mass is 79.9. The highest BCUT2D eigenvalue weighted by Gasteiger charge is 2.26. The Balaban J connectivity index is 0.000000917. The number of aryl methyl sites for hydroxylation is 2. The summed E-state index contributed by atoms with van der Waals surface area (Å²) in [7, 11) is 0. The largest absolute Gasteiger partial charge is 0.342 e. The molecule has 2 aliphatic rings. The summed E-state index contributed by atoms with van der Waals surface area (Å²) < 4.78 is 1.00. The monoisotopic (exact) mass is 551 g/mol. The van der Waals surface area contributed by atoms with Gasteiger partial charge in [-0.2, -0.15) is 0 Å². The van der Waals surface area contributed by atoms with Gasteiger partial charge in [0.1, 0.15) is 0 Å². The summed E-state index contributed by atoms with van der Waals surface area (Å²) in [4.78, 5) is 23.8. The number of halogens is 2. The third-order valence-electron chi connectivity index (χ3n) is 6.32. The van der Waals surface area contributed by atoms with Gasteiger partial charge in [-0.1, -0.05) is 49.6 Å². The molecule has 1 saturated heterocycles. The summed E-state index contributed by atoms with van der Waals surface area (Å²) in [6.07, 6.45) is 10.6. The van der Waals surface area contributed by atoms with Gasteiger partial charge >= 0.3 is 0 Å².